The molecule has 2 atom stereocenters. The number of hydrogen-bond acceptors (Lipinski definition) is 5. The lowest BCUT2D eigenvalue weighted by Crippen LogP contribution is -2.46. The second-order valence-corrected chi connectivity index (χ2v) is 7.91. The van der Waals surface area contributed by atoms with Crippen LogP contribution in [0.25, 0.3) is 11.0 Å². The first kappa shape index (κ1) is 19.5. The zero-order chi connectivity index (χ0) is 20.7. The lowest BCUT2D eigenvalue weighted by atomic mass is 9.90. The highest BCUT2D eigenvalue weighted by Gasteiger charge is 2.36. The molecule has 1 amide bonds. The zero-order valence-electron chi connectivity index (χ0n) is 16.7. The Morgan fingerprint density at radius 2 is 1.93 bits per heavy atom. The van der Waals surface area contributed by atoms with Crippen molar-refractivity contribution >= 4 is 22.8 Å². The van der Waals surface area contributed by atoms with Crippen molar-refractivity contribution in [2.24, 2.45) is 0 Å². The molecule has 29 heavy (non-hydrogen) atoms. The second kappa shape index (κ2) is 7.54. The van der Waals surface area contributed by atoms with Crippen molar-refractivity contribution in [2.45, 2.75) is 64.5 Å². The first-order valence-corrected chi connectivity index (χ1v) is 10.2. The van der Waals surface area contributed by atoms with Crippen molar-refractivity contribution in [1.82, 2.24) is 4.90 Å². The predicted octanol–water partition coefficient (Wildman–Crippen LogP) is 2.82. The largest absolute Gasteiger partial charge is 0.480 e. The minimum absolute atomic E-state index is 0.294. The van der Waals surface area contributed by atoms with Crippen LogP contribution in [0.4, 0.5) is 0 Å². The maximum Gasteiger partial charge on any atom is 0.339 e. The summed E-state index contributed by atoms with van der Waals surface area (Å²) in [5, 5.41) is 10.2. The van der Waals surface area contributed by atoms with E-state index < -0.39 is 18.1 Å². The van der Waals surface area contributed by atoms with Gasteiger partial charge in [-0.15, -0.1) is 0 Å². The molecular weight excluding hydrogens is 374 g/mol. The number of rotatable bonds is 4. The Balaban J connectivity index is 1.63. The Bertz CT molecular complexity index is 1040. The quantitative estimate of drug-likeness (QED) is 0.794. The second-order valence-electron chi connectivity index (χ2n) is 7.91. The van der Waals surface area contributed by atoms with E-state index in [4.69, 9.17) is 9.15 Å². The van der Waals surface area contributed by atoms with Crippen LogP contribution in [0.3, 0.4) is 0 Å². The van der Waals surface area contributed by atoms with Gasteiger partial charge in [-0.05, 0) is 70.1 Å². The van der Waals surface area contributed by atoms with E-state index >= 15 is 0 Å². The molecule has 1 aromatic heterocycles. The number of fused-ring (bicyclic) bond motifs is 3. The third-order valence-corrected chi connectivity index (χ3v) is 6.06. The molecule has 0 spiro atoms. The molecule has 2 aromatic rings. The van der Waals surface area contributed by atoms with E-state index in [1.165, 1.54) is 4.90 Å². The van der Waals surface area contributed by atoms with Crippen LogP contribution in [0.1, 0.15) is 49.3 Å². The number of carboxylic acid groups (broad SMARTS) is 1. The number of benzene rings is 1. The summed E-state index contributed by atoms with van der Waals surface area (Å²) >= 11 is 0. The topological polar surface area (TPSA) is 97.0 Å². The number of ether oxygens (including phenoxy) is 1. The highest BCUT2D eigenvalue weighted by Crippen LogP contribution is 2.33. The molecule has 1 N–H and O–H groups in total. The summed E-state index contributed by atoms with van der Waals surface area (Å²) in [4.78, 5) is 37.9. The van der Waals surface area contributed by atoms with Gasteiger partial charge in [0.15, 0.2) is 6.10 Å². The standard InChI is InChI=1S/C22H25NO6/c1-12-18(28-13(2)20(24)23-11-5-8-17(23)21(25)26)10-9-15-14-6-3-4-7-16(14)22(27)29-19(12)15/h9-10,13,17H,3-8,11H2,1-2H3,(H,25,26)/t13-,17+/m1/s1. The maximum absolute atomic E-state index is 12.7. The summed E-state index contributed by atoms with van der Waals surface area (Å²) in [6.45, 7) is 3.84. The summed E-state index contributed by atoms with van der Waals surface area (Å²) in [5.74, 6) is -0.874. The molecule has 7 heteroatoms. The Hall–Kier alpha value is -2.83. The number of aryl methyl sites for hydroxylation is 2. The van der Waals surface area contributed by atoms with Gasteiger partial charge in [0.05, 0.1) is 0 Å². The van der Waals surface area contributed by atoms with Crippen molar-refractivity contribution in [3.05, 3.63) is 39.2 Å². The van der Waals surface area contributed by atoms with E-state index in [9.17, 15) is 19.5 Å². The number of aliphatic carboxylic acids is 1. The van der Waals surface area contributed by atoms with Gasteiger partial charge in [-0.1, -0.05) is 0 Å². The number of carbonyl (C=O) groups excluding carboxylic acids is 1. The first-order chi connectivity index (χ1) is 13.9. The van der Waals surface area contributed by atoms with E-state index in [2.05, 4.69) is 0 Å². The van der Waals surface area contributed by atoms with Crippen LogP contribution >= 0.6 is 0 Å². The lowest BCUT2D eigenvalue weighted by molar-refractivity contribution is -0.150. The first-order valence-electron chi connectivity index (χ1n) is 10.2. The van der Waals surface area contributed by atoms with Crippen molar-refractivity contribution in [1.29, 1.82) is 0 Å². The fraction of sp³-hybridized carbons (Fsp3) is 0.500. The smallest absolute Gasteiger partial charge is 0.339 e. The minimum atomic E-state index is -0.989. The molecule has 154 valence electrons. The van der Waals surface area contributed by atoms with Gasteiger partial charge in [-0.3, -0.25) is 4.79 Å². The van der Waals surface area contributed by atoms with Crippen molar-refractivity contribution < 1.29 is 23.8 Å². The van der Waals surface area contributed by atoms with Crippen molar-refractivity contribution in [3.63, 3.8) is 0 Å². The molecule has 2 aliphatic rings. The molecule has 1 saturated heterocycles. The van der Waals surface area contributed by atoms with Crippen LogP contribution in [0.5, 0.6) is 5.75 Å². The summed E-state index contributed by atoms with van der Waals surface area (Å²) in [5.41, 5.74) is 2.70. The number of likely N-dealkylation sites (tertiary alicyclic amines) is 1. The fourth-order valence-corrected chi connectivity index (χ4v) is 4.51. The normalized spacial score (nSPS) is 19.8. The van der Waals surface area contributed by atoms with Crippen LogP contribution in [0, 0.1) is 6.92 Å². The molecule has 7 nitrogen and oxygen atoms in total. The van der Waals surface area contributed by atoms with Crippen LogP contribution in [-0.4, -0.2) is 40.6 Å². The fourth-order valence-electron chi connectivity index (χ4n) is 4.51. The van der Waals surface area contributed by atoms with E-state index in [0.717, 1.165) is 42.2 Å². The average molecular weight is 399 g/mol. The Labute approximate surface area is 168 Å². The molecule has 1 fully saturated rings. The van der Waals surface area contributed by atoms with E-state index in [0.29, 0.717) is 36.3 Å². The summed E-state index contributed by atoms with van der Waals surface area (Å²) in [7, 11) is 0. The van der Waals surface area contributed by atoms with Crippen LogP contribution in [0.15, 0.2) is 21.3 Å². The number of carboxylic acids is 1. The molecule has 4 rings (SSSR count). The predicted molar refractivity (Wildman–Crippen MR) is 106 cm³/mol. The number of amides is 1. The highest BCUT2D eigenvalue weighted by atomic mass is 16.5. The molecule has 1 aliphatic carbocycles. The van der Waals surface area contributed by atoms with Gasteiger partial charge in [0.25, 0.3) is 5.91 Å². The van der Waals surface area contributed by atoms with Gasteiger partial charge in [-0.2, -0.15) is 0 Å². The van der Waals surface area contributed by atoms with Gasteiger partial charge in [0.2, 0.25) is 0 Å². The number of nitrogens with zero attached hydrogens (tertiary/aromatic N) is 1. The van der Waals surface area contributed by atoms with Gasteiger partial charge in [0, 0.05) is 23.1 Å². The monoisotopic (exact) mass is 399 g/mol. The van der Waals surface area contributed by atoms with Crippen molar-refractivity contribution in [3.8, 4) is 5.75 Å². The minimum Gasteiger partial charge on any atom is -0.480 e. The molecule has 0 radical (unpaired) electrons. The lowest BCUT2D eigenvalue weighted by Gasteiger charge is -2.26. The Morgan fingerprint density at radius 3 is 2.66 bits per heavy atom. The Kier molecular flexibility index (Phi) is 5.06. The van der Waals surface area contributed by atoms with E-state index in [-0.39, 0.29) is 11.5 Å². The summed E-state index contributed by atoms with van der Waals surface area (Å²) < 4.78 is 11.5. The van der Waals surface area contributed by atoms with Crippen LogP contribution in [-0.2, 0) is 22.4 Å². The number of carbonyl (C=O) groups is 2. The molecule has 0 unspecified atom stereocenters. The van der Waals surface area contributed by atoms with Crippen LogP contribution < -0.4 is 10.4 Å². The third kappa shape index (κ3) is 3.39. The molecule has 1 aromatic carbocycles. The maximum atomic E-state index is 12.7. The highest BCUT2D eigenvalue weighted by molar-refractivity contribution is 5.88. The van der Waals surface area contributed by atoms with Gasteiger partial charge in [0.1, 0.15) is 17.4 Å². The summed E-state index contributed by atoms with van der Waals surface area (Å²) in [6, 6.07) is 2.89. The molecule has 2 heterocycles. The number of hydrogen-bond donors (Lipinski definition) is 1. The van der Waals surface area contributed by atoms with E-state index in [1.807, 2.05) is 13.0 Å². The van der Waals surface area contributed by atoms with Gasteiger partial charge < -0.3 is 19.2 Å². The van der Waals surface area contributed by atoms with Crippen LogP contribution in [0.2, 0.25) is 0 Å². The van der Waals surface area contributed by atoms with Gasteiger partial charge in [-0.25, -0.2) is 9.59 Å². The van der Waals surface area contributed by atoms with E-state index in [1.54, 1.807) is 13.0 Å². The molecule has 1 aliphatic heterocycles. The molecular formula is C22H25NO6. The Morgan fingerprint density at radius 1 is 1.21 bits per heavy atom. The van der Waals surface area contributed by atoms with Gasteiger partial charge >= 0.3 is 11.6 Å². The summed E-state index contributed by atoms with van der Waals surface area (Å²) in [6.07, 6.45) is 3.94. The average Bonchev–Trinajstić information content (AvgIpc) is 3.20. The molecule has 0 saturated carbocycles. The zero-order valence-corrected chi connectivity index (χ0v) is 16.7. The SMILES string of the molecule is Cc1c(O[C@H](C)C(=O)N2CCC[C@H]2C(=O)O)ccc2c3c(c(=O)oc12)CCCC3. The van der Waals surface area contributed by atoms with Crippen molar-refractivity contribution in [2.75, 3.05) is 6.54 Å². The molecule has 0 bridgehead atoms. The third-order valence-electron chi connectivity index (χ3n) is 6.06.